The average Bonchev–Trinajstić information content (AvgIpc) is 2.74. The van der Waals surface area contributed by atoms with Crippen LogP contribution in [-0.2, 0) is 9.59 Å². The van der Waals surface area contributed by atoms with Gasteiger partial charge in [0.1, 0.15) is 23.0 Å². The minimum Gasteiger partial charge on any atom is -0.482 e. The van der Waals surface area contributed by atoms with E-state index in [1.807, 2.05) is 51.1 Å². The van der Waals surface area contributed by atoms with Crippen molar-refractivity contribution in [2.24, 2.45) is 5.41 Å². The van der Waals surface area contributed by atoms with Crippen LogP contribution >= 0.6 is 0 Å². The Morgan fingerprint density at radius 3 is 2.06 bits per heavy atom. The molecule has 0 spiro atoms. The van der Waals surface area contributed by atoms with Crippen LogP contribution in [-0.4, -0.2) is 18.5 Å². The Labute approximate surface area is 181 Å². The minimum absolute atomic E-state index is 0.108. The molecule has 0 heterocycles. The summed E-state index contributed by atoms with van der Waals surface area (Å²) in [7, 11) is 0. The summed E-state index contributed by atoms with van der Waals surface area (Å²) in [6.45, 7) is 5.23. The van der Waals surface area contributed by atoms with Crippen LogP contribution in [0.15, 0.2) is 78.9 Å². The summed E-state index contributed by atoms with van der Waals surface area (Å²) in [4.78, 5) is 24.2. The lowest BCUT2D eigenvalue weighted by Gasteiger charge is -2.18. The van der Waals surface area contributed by atoms with Gasteiger partial charge in [0, 0.05) is 17.2 Å². The van der Waals surface area contributed by atoms with Gasteiger partial charge in [-0.25, -0.2) is 4.79 Å². The second kappa shape index (κ2) is 9.80. The summed E-state index contributed by atoms with van der Waals surface area (Å²) >= 11 is 0. The van der Waals surface area contributed by atoms with Gasteiger partial charge in [-0.05, 0) is 48.5 Å². The number of anilines is 1. The van der Waals surface area contributed by atoms with Crippen molar-refractivity contribution >= 4 is 17.6 Å². The molecule has 0 atom stereocenters. The zero-order chi connectivity index (χ0) is 22.3. The van der Waals surface area contributed by atoms with Gasteiger partial charge in [0.2, 0.25) is 5.91 Å². The first kappa shape index (κ1) is 21.9. The van der Waals surface area contributed by atoms with Gasteiger partial charge in [-0.3, -0.25) is 4.79 Å². The number of hydrogen-bond acceptors (Lipinski definition) is 5. The quantitative estimate of drug-likeness (QED) is 0.407. The predicted octanol–water partition coefficient (Wildman–Crippen LogP) is 5.45. The third-order valence-electron chi connectivity index (χ3n) is 4.16. The Morgan fingerprint density at radius 2 is 1.39 bits per heavy atom. The van der Waals surface area contributed by atoms with Crippen LogP contribution in [0.5, 0.6) is 23.0 Å². The van der Waals surface area contributed by atoms with Crippen molar-refractivity contribution in [2.45, 2.75) is 20.8 Å². The highest BCUT2D eigenvalue weighted by Crippen LogP contribution is 2.24. The third-order valence-corrected chi connectivity index (χ3v) is 4.16. The standard InChI is InChI=1S/C25H25NO5/c1-25(2,3)24(28)26-18-8-7-11-22(16-18)29-17-23(27)31-21-14-12-20(13-15-21)30-19-9-5-4-6-10-19/h4-16H,17H2,1-3H3,(H,26,28). The molecule has 3 aromatic rings. The molecule has 0 aromatic heterocycles. The number of benzene rings is 3. The molecule has 0 aliphatic heterocycles. The van der Waals surface area contributed by atoms with Crippen LogP contribution in [0.2, 0.25) is 0 Å². The summed E-state index contributed by atoms with van der Waals surface area (Å²) in [6.07, 6.45) is 0. The monoisotopic (exact) mass is 419 g/mol. The van der Waals surface area contributed by atoms with E-state index in [9.17, 15) is 9.59 Å². The SMILES string of the molecule is CC(C)(C)C(=O)Nc1cccc(OCC(=O)Oc2ccc(Oc3ccccc3)cc2)c1. The molecule has 1 amide bonds. The van der Waals surface area contributed by atoms with Crippen LogP contribution in [0, 0.1) is 5.41 Å². The zero-order valence-corrected chi connectivity index (χ0v) is 17.8. The number of carbonyl (C=O) groups excluding carboxylic acids is 2. The Morgan fingerprint density at radius 1 is 0.774 bits per heavy atom. The van der Waals surface area contributed by atoms with Gasteiger partial charge < -0.3 is 19.5 Å². The summed E-state index contributed by atoms with van der Waals surface area (Å²) in [6, 6.07) is 23.0. The number of carbonyl (C=O) groups is 2. The van der Waals surface area contributed by atoms with Crippen LogP contribution in [0.25, 0.3) is 0 Å². The molecule has 6 heteroatoms. The maximum Gasteiger partial charge on any atom is 0.349 e. The molecule has 31 heavy (non-hydrogen) atoms. The molecule has 1 N–H and O–H groups in total. The van der Waals surface area contributed by atoms with Gasteiger partial charge in [0.25, 0.3) is 0 Å². The maximum absolute atomic E-state index is 12.1. The van der Waals surface area contributed by atoms with Crippen LogP contribution in [0.1, 0.15) is 20.8 Å². The van der Waals surface area contributed by atoms with Crippen LogP contribution < -0.4 is 19.5 Å². The number of para-hydroxylation sites is 1. The normalized spacial score (nSPS) is 10.8. The Bertz CT molecular complexity index is 1020. The van der Waals surface area contributed by atoms with Crippen molar-refractivity contribution in [3.8, 4) is 23.0 Å². The van der Waals surface area contributed by atoms with Crippen molar-refractivity contribution in [3.05, 3.63) is 78.9 Å². The van der Waals surface area contributed by atoms with Gasteiger partial charge in [-0.15, -0.1) is 0 Å². The fourth-order valence-electron chi connectivity index (χ4n) is 2.49. The Balaban J connectivity index is 1.50. The summed E-state index contributed by atoms with van der Waals surface area (Å²) in [5.74, 6) is 1.55. The number of esters is 1. The molecule has 3 aromatic carbocycles. The summed E-state index contributed by atoms with van der Waals surface area (Å²) in [5, 5.41) is 2.83. The summed E-state index contributed by atoms with van der Waals surface area (Å²) < 4.78 is 16.5. The van der Waals surface area contributed by atoms with Gasteiger partial charge in [-0.1, -0.05) is 45.0 Å². The number of hydrogen-bond donors (Lipinski definition) is 1. The second-order valence-electron chi connectivity index (χ2n) is 7.88. The zero-order valence-electron chi connectivity index (χ0n) is 17.8. The molecule has 0 saturated heterocycles. The van der Waals surface area contributed by atoms with Gasteiger partial charge in [0.05, 0.1) is 0 Å². The maximum atomic E-state index is 12.1. The molecule has 0 fully saturated rings. The van der Waals surface area contributed by atoms with Crippen molar-refractivity contribution in [2.75, 3.05) is 11.9 Å². The number of rotatable bonds is 7. The molecule has 0 saturated carbocycles. The predicted molar refractivity (Wildman–Crippen MR) is 119 cm³/mol. The lowest BCUT2D eigenvalue weighted by Crippen LogP contribution is -2.27. The van der Waals surface area contributed by atoms with Crippen LogP contribution in [0.3, 0.4) is 0 Å². The van der Waals surface area contributed by atoms with E-state index < -0.39 is 11.4 Å². The fourth-order valence-corrected chi connectivity index (χ4v) is 2.49. The van der Waals surface area contributed by atoms with Crippen molar-refractivity contribution in [3.63, 3.8) is 0 Å². The van der Waals surface area contributed by atoms with E-state index in [1.54, 1.807) is 48.5 Å². The minimum atomic E-state index is -0.541. The van der Waals surface area contributed by atoms with E-state index in [-0.39, 0.29) is 12.5 Å². The molecule has 0 unspecified atom stereocenters. The molecule has 0 radical (unpaired) electrons. The smallest absolute Gasteiger partial charge is 0.349 e. The second-order valence-corrected chi connectivity index (χ2v) is 7.88. The number of amides is 1. The van der Waals surface area contributed by atoms with Gasteiger partial charge >= 0.3 is 5.97 Å². The Hall–Kier alpha value is -3.80. The summed E-state index contributed by atoms with van der Waals surface area (Å²) in [5.41, 5.74) is 0.0855. The number of ether oxygens (including phenoxy) is 3. The lowest BCUT2D eigenvalue weighted by atomic mass is 9.95. The molecular weight excluding hydrogens is 394 g/mol. The molecule has 0 bridgehead atoms. The first-order chi connectivity index (χ1) is 14.8. The first-order valence-corrected chi connectivity index (χ1v) is 9.87. The number of nitrogens with one attached hydrogen (secondary N) is 1. The molecule has 0 aliphatic carbocycles. The van der Waals surface area contributed by atoms with E-state index in [0.717, 1.165) is 5.75 Å². The van der Waals surface area contributed by atoms with Crippen molar-refractivity contribution in [1.29, 1.82) is 0 Å². The molecule has 160 valence electrons. The molecule has 3 rings (SSSR count). The van der Waals surface area contributed by atoms with E-state index >= 15 is 0 Å². The molecule has 0 aliphatic rings. The van der Waals surface area contributed by atoms with Crippen molar-refractivity contribution in [1.82, 2.24) is 0 Å². The van der Waals surface area contributed by atoms with Gasteiger partial charge in [-0.2, -0.15) is 0 Å². The van der Waals surface area contributed by atoms with E-state index in [1.165, 1.54) is 0 Å². The van der Waals surface area contributed by atoms with Gasteiger partial charge in [0.15, 0.2) is 6.61 Å². The van der Waals surface area contributed by atoms with Crippen molar-refractivity contribution < 1.29 is 23.8 Å². The third kappa shape index (κ3) is 6.89. The Kier molecular flexibility index (Phi) is 6.92. The fraction of sp³-hybridized carbons (Fsp3) is 0.200. The first-order valence-electron chi connectivity index (χ1n) is 9.87. The van der Waals surface area contributed by atoms with E-state index in [0.29, 0.717) is 22.9 Å². The molecule has 6 nitrogen and oxygen atoms in total. The highest BCUT2D eigenvalue weighted by Gasteiger charge is 2.21. The highest BCUT2D eigenvalue weighted by molar-refractivity contribution is 5.94. The molecular formula is C25H25NO5. The van der Waals surface area contributed by atoms with Crippen LogP contribution in [0.4, 0.5) is 5.69 Å². The largest absolute Gasteiger partial charge is 0.482 e. The van der Waals surface area contributed by atoms with E-state index in [4.69, 9.17) is 14.2 Å². The average molecular weight is 419 g/mol. The van der Waals surface area contributed by atoms with E-state index in [2.05, 4.69) is 5.32 Å². The lowest BCUT2D eigenvalue weighted by molar-refractivity contribution is -0.136. The topological polar surface area (TPSA) is 73.9 Å². The highest BCUT2D eigenvalue weighted by atomic mass is 16.6.